The summed E-state index contributed by atoms with van der Waals surface area (Å²) in [5.74, 6) is 0.0124. The van der Waals surface area contributed by atoms with Crippen LogP contribution >= 0.6 is 0 Å². The average molecular weight is 236 g/mol. The number of rotatable bonds is 3. The summed E-state index contributed by atoms with van der Waals surface area (Å²) in [6.45, 7) is 0. The number of Topliss-reactive ketones (excluding diaryl/α,β-unsaturated/α-hetero) is 1. The summed E-state index contributed by atoms with van der Waals surface area (Å²) >= 11 is 0. The van der Waals surface area contributed by atoms with Crippen LogP contribution < -0.4 is 4.74 Å². The van der Waals surface area contributed by atoms with Gasteiger partial charge in [0.15, 0.2) is 5.78 Å². The molecule has 0 bridgehead atoms. The lowest BCUT2D eigenvalue weighted by molar-refractivity contribution is 0.0885. The second-order valence-electron chi connectivity index (χ2n) is 4.54. The van der Waals surface area contributed by atoms with E-state index in [1.54, 1.807) is 0 Å². The minimum Gasteiger partial charge on any atom is -0.497 e. The smallest absolute Gasteiger partial charge is 0.169 e. The Morgan fingerprint density at radius 3 is 2.65 bits per heavy atom. The van der Waals surface area contributed by atoms with Gasteiger partial charge in [-0.2, -0.15) is 0 Å². The highest BCUT2D eigenvalue weighted by Gasteiger charge is 2.24. The molecule has 0 unspecified atom stereocenters. The maximum atomic E-state index is 13.6. The summed E-state index contributed by atoms with van der Waals surface area (Å²) in [7, 11) is 1.52. The Morgan fingerprint density at radius 2 is 2.00 bits per heavy atom. The number of halogens is 1. The van der Waals surface area contributed by atoms with Crippen molar-refractivity contribution in [2.75, 3.05) is 7.11 Å². The third-order valence-corrected chi connectivity index (χ3v) is 3.41. The van der Waals surface area contributed by atoms with Crippen LogP contribution in [0.1, 0.15) is 42.5 Å². The number of ketones is 1. The van der Waals surface area contributed by atoms with E-state index in [0.717, 1.165) is 25.7 Å². The largest absolute Gasteiger partial charge is 0.497 e. The molecule has 3 heteroatoms. The van der Waals surface area contributed by atoms with E-state index in [-0.39, 0.29) is 17.3 Å². The molecular weight excluding hydrogens is 219 g/mol. The van der Waals surface area contributed by atoms with Gasteiger partial charge < -0.3 is 4.74 Å². The highest BCUT2D eigenvalue weighted by Crippen LogP contribution is 2.28. The number of ether oxygens (including phenoxy) is 1. The van der Waals surface area contributed by atoms with Gasteiger partial charge in [0, 0.05) is 5.92 Å². The van der Waals surface area contributed by atoms with E-state index in [4.69, 9.17) is 4.74 Å². The predicted molar refractivity (Wildman–Crippen MR) is 63.9 cm³/mol. The minimum absolute atomic E-state index is 0.00893. The number of carbonyl (C=O) groups is 1. The van der Waals surface area contributed by atoms with E-state index < -0.39 is 5.82 Å². The molecule has 0 saturated heterocycles. The SMILES string of the molecule is COc1ccc(F)c(C(=O)C2CCCCC2)c1. The van der Waals surface area contributed by atoms with Crippen LogP contribution in [-0.4, -0.2) is 12.9 Å². The van der Waals surface area contributed by atoms with Crippen LogP contribution in [0.2, 0.25) is 0 Å². The van der Waals surface area contributed by atoms with Gasteiger partial charge in [-0.25, -0.2) is 4.39 Å². The van der Waals surface area contributed by atoms with Gasteiger partial charge >= 0.3 is 0 Å². The van der Waals surface area contributed by atoms with Crippen molar-refractivity contribution in [2.45, 2.75) is 32.1 Å². The fraction of sp³-hybridized carbons (Fsp3) is 0.500. The summed E-state index contributed by atoms with van der Waals surface area (Å²) < 4.78 is 18.7. The van der Waals surface area contributed by atoms with Crippen molar-refractivity contribution in [1.82, 2.24) is 0 Å². The molecule has 1 aromatic carbocycles. The first kappa shape index (κ1) is 12.1. The van der Waals surface area contributed by atoms with E-state index in [1.807, 2.05) is 0 Å². The topological polar surface area (TPSA) is 26.3 Å². The Balaban J connectivity index is 2.22. The zero-order valence-corrected chi connectivity index (χ0v) is 10.0. The van der Waals surface area contributed by atoms with Crippen molar-refractivity contribution in [1.29, 1.82) is 0 Å². The van der Waals surface area contributed by atoms with Crippen molar-refractivity contribution in [3.63, 3.8) is 0 Å². The van der Waals surface area contributed by atoms with E-state index in [1.165, 1.54) is 31.7 Å². The Hall–Kier alpha value is -1.38. The van der Waals surface area contributed by atoms with Crippen molar-refractivity contribution >= 4 is 5.78 Å². The van der Waals surface area contributed by atoms with Crippen LogP contribution in [0.15, 0.2) is 18.2 Å². The first-order valence-corrected chi connectivity index (χ1v) is 6.10. The van der Waals surface area contributed by atoms with E-state index in [0.29, 0.717) is 5.75 Å². The minimum atomic E-state index is -0.443. The Morgan fingerprint density at radius 1 is 1.29 bits per heavy atom. The van der Waals surface area contributed by atoms with Crippen molar-refractivity contribution in [2.24, 2.45) is 5.92 Å². The molecular formula is C14H17FO2. The van der Waals surface area contributed by atoms with Gasteiger partial charge in [-0.3, -0.25) is 4.79 Å². The molecule has 17 heavy (non-hydrogen) atoms. The van der Waals surface area contributed by atoms with Crippen LogP contribution in [0.25, 0.3) is 0 Å². The van der Waals surface area contributed by atoms with Gasteiger partial charge in [-0.15, -0.1) is 0 Å². The third kappa shape index (κ3) is 2.65. The standard InChI is InChI=1S/C14H17FO2/c1-17-11-7-8-13(15)12(9-11)14(16)10-5-3-2-4-6-10/h7-10H,2-6H2,1H3. The highest BCUT2D eigenvalue weighted by atomic mass is 19.1. The second-order valence-corrected chi connectivity index (χ2v) is 4.54. The average Bonchev–Trinajstić information content (AvgIpc) is 2.39. The molecule has 2 nitrogen and oxygen atoms in total. The molecule has 0 aliphatic heterocycles. The lowest BCUT2D eigenvalue weighted by Crippen LogP contribution is -2.19. The van der Waals surface area contributed by atoms with Crippen molar-refractivity contribution in [3.8, 4) is 5.75 Å². The number of hydrogen-bond donors (Lipinski definition) is 0. The molecule has 0 atom stereocenters. The molecule has 0 heterocycles. The van der Waals surface area contributed by atoms with Gasteiger partial charge in [-0.05, 0) is 31.0 Å². The Kier molecular flexibility index (Phi) is 3.77. The monoisotopic (exact) mass is 236 g/mol. The highest BCUT2D eigenvalue weighted by molar-refractivity contribution is 5.98. The third-order valence-electron chi connectivity index (χ3n) is 3.41. The second kappa shape index (κ2) is 5.30. The fourth-order valence-electron chi connectivity index (χ4n) is 2.40. The van der Waals surface area contributed by atoms with Crippen LogP contribution in [0.4, 0.5) is 4.39 Å². The molecule has 0 amide bonds. The molecule has 0 radical (unpaired) electrons. The molecule has 0 spiro atoms. The van der Waals surface area contributed by atoms with Gasteiger partial charge in [0.25, 0.3) is 0 Å². The lowest BCUT2D eigenvalue weighted by atomic mass is 9.84. The predicted octanol–water partition coefficient (Wildman–Crippen LogP) is 3.60. The first-order chi connectivity index (χ1) is 8.22. The number of hydrogen-bond acceptors (Lipinski definition) is 2. The summed E-state index contributed by atoms with van der Waals surface area (Å²) in [6.07, 6.45) is 5.10. The normalized spacial score (nSPS) is 16.8. The summed E-state index contributed by atoms with van der Waals surface area (Å²) in [5.41, 5.74) is 0.177. The zero-order valence-electron chi connectivity index (χ0n) is 10.0. The van der Waals surface area contributed by atoms with Crippen LogP contribution in [0.5, 0.6) is 5.75 Å². The zero-order chi connectivity index (χ0) is 12.3. The quantitative estimate of drug-likeness (QED) is 0.749. The van der Waals surface area contributed by atoms with Gasteiger partial charge in [0.2, 0.25) is 0 Å². The molecule has 92 valence electrons. The van der Waals surface area contributed by atoms with Gasteiger partial charge in [-0.1, -0.05) is 19.3 Å². The van der Waals surface area contributed by atoms with Crippen LogP contribution in [0.3, 0.4) is 0 Å². The van der Waals surface area contributed by atoms with Crippen LogP contribution in [-0.2, 0) is 0 Å². The molecule has 1 fully saturated rings. The molecule has 1 aliphatic carbocycles. The molecule has 1 aliphatic rings. The number of methoxy groups -OCH3 is 1. The summed E-state index contributed by atoms with van der Waals surface area (Å²) in [5, 5.41) is 0. The van der Waals surface area contributed by atoms with E-state index in [9.17, 15) is 9.18 Å². The lowest BCUT2D eigenvalue weighted by Gasteiger charge is -2.20. The summed E-state index contributed by atoms with van der Waals surface area (Å²) in [4.78, 5) is 12.2. The van der Waals surface area contributed by atoms with E-state index in [2.05, 4.69) is 0 Å². The maximum absolute atomic E-state index is 13.6. The van der Waals surface area contributed by atoms with E-state index >= 15 is 0 Å². The number of carbonyl (C=O) groups excluding carboxylic acids is 1. The Labute approximate surface area is 101 Å². The first-order valence-electron chi connectivity index (χ1n) is 6.10. The summed E-state index contributed by atoms with van der Waals surface area (Å²) in [6, 6.07) is 4.34. The van der Waals surface area contributed by atoms with Gasteiger partial charge in [0.05, 0.1) is 12.7 Å². The van der Waals surface area contributed by atoms with Gasteiger partial charge in [0.1, 0.15) is 11.6 Å². The van der Waals surface area contributed by atoms with Crippen LogP contribution in [0, 0.1) is 11.7 Å². The molecule has 0 aromatic heterocycles. The maximum Gasteiger partial charge on any atom is 0.169 e. The molecule has 1 aromatic rings. The van der Waals surface area contributed by atoms with Crippen molar-refractivity contribution in [3.05, 3.63) is 29.6 Å². The van der Waals surface area contributed by atoms with Crippen molar-refractivity contribution < 1.29 is 13.9 Å². The molecule has 2 rings (SSSR count). The number of benzene rings is 1. The Bertz CT molecular complexity index is 409. The molecule has 1 saturated carbocycles. The fourth-order valence-corrected chi connectivity index (χ4v) is 2.40. The molecule has 0 N–H and O–H groups in total.